The lowest BCUT2D eigenvalue weighted by atomic mass is 10.2. The summed E-state index contributed by atoms with van der Waals surface area (Å²) in [4.78, 5) is 10.8. The van der Waals surface area contributed by atoms with Gasteiger partial charge in [0.05, 0.1) is 5.56 Å². The monoisotopic (exact) mass is 372 g/mol. The highest BCUT2D eigenvalue weighted by atomic mass is 19.4. The summed E-state index contributed by atoms with van der Waals surface area (Å²) in [7, 11) is 1.87. The first-order chi connectivity index (χ1) is 12.8. The highest BCUT2D eigenvalue weighted by molar-refractivity contribution is 5.59. The van der Waals surface area contributed by atoms with Gasteiger partial charge in [0, 0.05) is 31.0 Å². The van der Waals surface area contributed by atoms with Crippen LogP contribution in [0.2, 0.25) is 0 Å². The van der Waals surface area contributed by atoms with Crippen LogP contribution >= 0.6 is 0 Å². The average Bonchev–Trinajstić information content (AvgIpc) is 2.61. The maximum Gasteiger partial charge on any atom is 0.416 e. The Morgan fingerprint density at radius 1 is 0.963 bits per heavy atom. The standard InChI is InChI=1S/C20H19F3N4/c1-14-11-18(25-17-10-6-9-16(12-17)20(21,22)23)26-19(24-14)27(2)13-15-7-4-3-5-8-15/h3-12H,13H2,1-2H3,(H,24,25,26). The molecule has 0 saturated carbocycles. The molecule has 0 aliphatic heterocycles. The molecule has 1 heterocycles. The van der Waals surface area contributed by atoms with E-state index < -0.39 is 11.7 Å². The molecule has 3 rings (SSSR count). The third-order valence-corrected chi connectivity index (χ3v) is 3.91. The molecule has 3 aromatic rings. The molecule has 1 aromatic heterocycles. The van der Waals surface area contributed by atoms with E-state index in [9.17, 15) is 13.2 Å². The number of aromatic nitrogens is 2. The summed E-state index contributed by atoms with van der Waals surface area (Å²) < 4.78 is 38.7. The first-order valence-corrected chi connectivity index (χ1v) is 8.36. The van der Waals surface area contributed by atoms with E-state index in [0.717, 1.165) is 23.4 Å². The molecule has 0 radical (unpaired) electrons. The highest BCUT2D eigenvalue weighted by Crippen LogP contribution is 2.31. The molecule has 0 saturated heterocycles. The van der Waals surface area contributed by atoms with Crippen molar-refractivity contribution in [2.24, 2.45) is 0 Å². The lowest BCUT2D eigenvalue weighted by Gasteiger charge is -2.19. The molecule has 0 atom stereocenters. The summed E-state index contributed by atoms with van der Waals surface area (Å²) in [6, 6.07) is 16.6. The molecule has 0 fully saturated rings. The molecule has 0 amide bonds. The normalized spacial score (nSPS) is 11.3. The van der Waals surface area contributed by atoms with E-state index in [4.69, 9.17) is 0 Å². The highest BCUT2D eigenvalue weighted by Gasteiger charge is 2.30. The minimum atomic E-state index is -4.39. The maximum absolute atomic E-state index is 12.9. The third-order valence-electron chi connectivity index (χ3n) is 3.91. The number of rotatable bonds is 5. The number of alkyl halides is 3. The van der Waals surface area contributed by atoms with E-state index in [1.54, 1.807) is 12.1 Å². The zero-order valence-corrected chi connectivity index (χ0v) is 15.0. The zero-order chi connectivity index (χ0) is 19.4. The minimum absolute atomic E-state index is 0.319. The van der Waals surface area contributed by atoms with Gasteiger partial charge in [-0.1, -0.05) is 36.4 Å². The van der Waals surface area contributed by atoms with E-state index in [2.05, 4.69) is 15.3 Å². The molecule has 140 valence electrons. The number of nitrogens with zero attached hydrogens (tertiary/aromatic N) is 3. The quantitative estimate of drug-likeness (QED) is 0.670. The Bertz CT molecular complexity index is 911. The van der Waals surface area contributed by atoms with Crippen molar-refractivity contribution in [2.45, 2.75) is 19.6 Å². The molecular weight excluding hydrogens is 353 g/mol. The topological polar surface area (TPSA) is 41.1 Å². The zero-order valence-electron chi connectivity index (χ0n) is 15.0. The van der Waals surface area contributed by atoms with Crippen molar-refractivity contribution in [3.63, 3.8) is 0 Å². The molecule has 27 heavy (non-hydrogen) atoms. The Kier molecular flexibility index (Phi) is 5.30. The number of hydrogen-bond acceptors (Lipinski definition) is 4. The third kappa shape index (κ3) is 4.97. The van der Waals surface area contributed by atoms with Crippen LogP contribution in [0.1, 0.15) is 16.8 Å². The van der Waals surface area contributed by atoms with Crippen LogP contribution in [0.5, 0.6) is 0 Å². The second-order valence-corrected chi connectivity index (χ2v) is 6.24. The van der Waals surface area contributed by atoms with Crippen molar-refractivity contribution in [1.29, 1.82) is 0 Å². The Labute approximate surface area is 155 Å². The van der Waals surface area contributed by atoms with Gasteiger partial charge in [-0.15, -0.1) is 0 Å². The first kappa shape index (κ1) is 18.7. The molecule has 4 nitrogen and oxygen atoms in total. The second-order valence-electron chi connectivity index (χ2n) is 6.24. The molecule has 7 heteroatoms. The molecule has 0 aliphatic rings. The largest absolute Gasteiger partial charge is 0.416 e. The van der Waals surface area contributed by atoms with Crippen molar-refractivity contribution in [1.82, 2.24) is 9.97 Å². The van der Waals surface area contributed by atoms with Gasteiger partial charge in [-0.2, -0.15) is 18.2 Å². The van der Waals surface area contributed by atoms with Crippen molar-refractivity contribution in [2.75, 3.05) is 17.3 Å². The number of hydrogen-bond donors (Lipinski definition) is 1. The fourth-order valence-electron chi connectivity index (χ4n) is 2.64. The lowest BCUT2D eigenvalue weighted by molar-refractivity contribution is -0.137. The number of benzene rings is 2. The number of halogens is 3. The van der Waals surface area contributed by atoms with Crippen LogP contribution in [0.15, 0.2) is 60.7 Å². The summed E-state index contributed by atoms with van der Waals surface area (Å²) in [5.41, 5.74) is 1.44. The summed E-state index contributed by atoms with van der Waals surface area (Å²) in [6.07, 6.45) is -4.39. The van der Waals surface area contributed by atoms with Crippen LogP contribution in [0.3, 0.4) is 0 Å². The van der Waals surface area contributed by atoms with Gasteiger partial charge in [-0.3, -0.25) is 0 Å². The van der Waals surface area contributed by atoms with Crippen LogP contribution in [0.25, 0.3) is 0 Å². The fourth-order valence-corrected chi connectivity index (χ4v) is 2.64. The molecule has 0 spiro atoms. The molecule has 0 aliphatic carbocycles. The molecule has 1 N–H and O–H groups in total. The van der Waals surface area contributed by atoms with E-state index in [1.165, 1.54) is 6.07 Å². The maximum atomic E-state index is 12.9. The van der Waals surface area contributed by atoms with Gasteiger partial charge in [-0.05, 0) is 30.7 Å². The Morgan fingerprint density at radius 3 is 2.41 bits per heavy atom. The summed E-state index contributed by atoms with van der Waals surface area (Å²) in [6.45, 7) is 2.44. The predicted octanol–water partition coefficient (Wildman–Crippen LogP) is 5.18. The van der Waals surface area contributed by atoms with Gasteiger partial charge in [0.1, 0.15) is 5.82 Å². The fraction of sp³-hybridized carbons (Fsp3) is 0.200. The van der Waals surface area contributed by atoms with Crippen molar-refractivity contribution >= 4 is 17.5 Å². The van der Waals surface area contributed by atoms with Gasteiger partial charge in [-0.25, -0.2) is 4.98 Å². The van der Waals surface area contributed by atoms with E-state index in [0.29, 0.717) is 24.0 Å². The van der Waals surface area contributed by atoms with Crippen molar-refractivity contribution in [3.8, 4) is 0 Å². The van der Waals surface area contributed by atoms with Gasteiger partial charge < -0.3 is 10.2 Å². The van der Waals surface area contributed by atoms with E-state index >= 15 is 0 Å². The minimum Gasteiger partial charge on any atom is -0.340 e. The predicted molar refractivity (Wildman–Crippen MR) is 100 cm³/mol. The van der Waals surface area contributed by atoms with Crippen LogP contribution in [0.4, 0.5) is 30.6 Å². The first-order valence-electron chi connectivity index (χ1n) is 8.36. The van der Waals surface area contributed by atoms with Crippen LogP contribution in [-0.2, 0) is 12.7 Å². The smallest absolute Gasteiger partial charge is 0.340 e. The molecule has 0 unspecified atom stereocenters. The van der Waals surface area contributed by atoms with Crippen LogP contribution < -0.4 is 10.2 Å². The number of nitrogens with one attached hydrogen (secondary N) is 1. The number of anilines is 3. The summed E-state index contributed by atoms with van der Waals surface area (Å²) in [5.74, 6) is 0.935. The van der Waals surface area contributed by atoms with Crippen LogP contribution in [0, 0.1) is 6.92 Å². The molecule has 2 aromatic carbocycles. The van der Waals surface area contributed by atoms with E-state index in [1.807, 2.05) is 49.2 Å². The van der Waals surface area contributed by atoms with Gasteiger partial charge in [0.2, 0.25) is 5.95 Å². The van der Waals surface area contributed by atoms with Crippen molar-refractivity contribution in [3.05, 3.63) is 77.5 Å². The second kappa shape index (κ2) is 7.65. The summed E-state index contributed by atoms with van der Waals surface area (Å²) in [5, 5.41) is 2.94. The lowest BCUT2D eigenvalue weighted by Crippen LogP contribution is -2.19. The molecular formula is C20H19F3N4. The Morgan fingerprint density at radius 2 is 1.70 bits per heavy atom. The van der Waals surface area contributed by atoms with Crippen molar-refractivity contribution < 1.29 is 13.2 Å². The average molecular weight is 372 g/mol. The van der Waals surface area contributed by atoms with Gasteiger partial charge in [0.15, 0.2) is 0 Å². The van der Waals surface area contributed by atoms with Gasteiger partial charge >= 0.3 is 6.18 Å². The Balaban J connectivity index is 1.81. The van der Waals surface area contributed by atoms with Crippen LogP contribution in [-0.4, -0.2) is 17.0 Å². The van der Waals surface area contributed by atoms with E-state index in [-0.39, 0.29) is 0 Å². The summed E-state index contributed by atoms with van der Waals surface area (Å²) >= 11 is 0. The number of aryl methyl sites for hydroxylation is 1. The Hall–Kier alpha value is -3.09. The molecule has 0 bridgehead atoms. The van der Waals surface area contributed by atoms with Gasteiger partial charge in [0.25, 0.3) is 0 Å². The SMILES string of the molecule is Cc1cc(Nc2cccc(C(F)(F)F)c2)nc(N(C)Cc2ccccc2)n1.